The molecule has 0 radical (unpaired) electrons. The molecule has 0 bridgehead atoms. The third kappa shape index (κ3) is 4.44. The van der Waals surface area contributed by atoms with E-state index in [2.05, 4.69) is 44.6 Å². The van der Waals surface area contributed by atoms with Crippen LogP contribution in [0.3, 0.4) is 0 Å². The minimum Gasteiger partial charge on any atom is -0.311 e. The molecule has 0 fully saturated rings. The van der Waals surface area contributed by atoms with Crippen LogP contribution in [0.4, 0.5) is 5.82 Å². The van der Waals surface area contributed by atoms with Crippen molar-refractivity contribution in [2.75, 3.05) is 5.32 Å². The maximum absolute atomic E-state index is 11.8. The molecule has 2 rings (SSSR count). The lowest BCUT2D eigenvalue weighted by atomic mass is 10.1. The fourth-order valence-electron chi connectivity index (χ4n) is 1.72. The monoisotopic (exact) mass is 338 g/mol. The quantitative estimate of drug-likeness (QED) is 0.888. The molecule has 2 heterocycles. The van der Waals surface area contributed by atoms with Gasteiger partial charge in [0.25, 0.3) is 0 Å². The topological polar surface area (TPSA) is 42.0 Å². The summed E-state index contributed by atoms with van der Waals surface area (Å²) in [5.41, 5.74) is 1.32. The molecular weight excluding hydrogens is 324 g/mol. The Labute approximate surface area is 125 Å². The largest absolute Gasteiger partial charge is 0.311 e. The molecule has 3 nitrogen and oxygen atoms in total. The molecule has 1 N–H and O–H groups in total. The van der Waals surface area contributed by atoms with Crippen LogP contribution in [0.5, 0.6) is 0 Å². The zero-order chi connectivity index (χ0) is 13.7. The van der Waals surface area contributed by atoms with Crippen molar-refractivity contribution < 1.29 is 4.79 Å². The van der Waals surface area contributed by atoms with Gasteiger partial charge in [-0.15, -0.1) is 11.3 Å². The minimum absolute atomic E-state index is 0.0176. The lowest BCUT2D eigenvalue weighted by molar-refractivity contribution is -0.116. The van der Waals surface area contributed by atoms with Crippen molar-refractivity contribution in [1.82, 2.24) is 4.98 Å². The Bertz CT molecular complexity index is 551. The Balaban J connectivity index is 1.76. The van der Waals surface area contributed by atoms with Crippen LogP contribution in [0, 0.1) is 6.92 Å². The summed E-state index contributed by atoms with van der Waals surface area (Å²) >= 11 is 5.07. The second-order valence-corrected chi connectivity index (χ2v) is 6.21. The van der Waals surface area contributed by atoms with Gasteiger partial charge < -0.3 is 5.32 Å². The van der Waals surface area contributed by atoms with E-state index in [0.717, 1.165) is 17.3 Å². The average molecular weight is 339 g/mol. The van der Waals surface area contributed by atoms with E-state index in [1.54, 1.807) is 23.6 Å². The molecule has 0 saturated heterocycles. The van der Waals surface area contributed by atoms with Gasteiger partial charge in [0.2, 0.25) is 5.91 Å². The molecule has 0 aliphatic heterocycles. The lowest BCUT2D eigenvalue weighted by Gasteiger charge is -2.04. The highest BCUT2D eigenvalue weighted by atomic mass is 79.9. The van der Waals surface area contributed by atoms with Crippen LogP contribution in [0.15, 0.2) is 34.2 Å². The van der Waals surface area contributed by atoms with Crippen LogP contribution < -0.4 is 5.32 Å². The van der Waals surface area contributed by atoms with E-state index in [0.29, 0.717) is 12.2 Å². The van der Waals surface area contributed by atoms with Gasteiger partial charge in [-0.1, -0.05) is 0 Å². The molecule has 19 heavy (non-hydrogen) atoms. The van der Waals surface area contributed by atoms with E-state index < -0.39 is 0 Å². The predicted molar refractivity (Wildman–Crippen MR) is 82.6 cm³/mol. The highest BCUT2D eigenvalue weighted by molar-refractivity contribution is 9.10. The number of anilines is 1. The highest BCUT2D eigenvalue weighted by Gasteiger charge is 2.05. The maximum atomic E-state index is 11.8. The number of pyridine rings is 1. The number of carbonyl (C=O) groups is 1. The standard InChI is InChI=1S/C14H15BrN2OS/c1-10-7-8-19-12(10)3-2-4-14(18)17-13-6-5-11(15)9-16-13/h5-9H,2-4H2,1H3,(H,16,17,18). The summed E-state index contributed by atoms with van der Waals surface area (Å²) in [6.45, 7) is 2.11. The molecule has 0 spiro atoms. The molecular formula is C14H15BrN2OS. The van der Waals surface area contributed by atoms with E-state index in [9.17, 15) is 4.79 Å². The first-order valence-electron chi connectivity index (χ1n) is 6.09. The number of hydrogen-bond acceptors (Lipinski definition) is 3. The first-order valence-corrected chi connectivity index (χ1v) is 7.77. The van der Waals surface area contributed by atoms with Gasteiger partial charge in [0, 0.05) is 22.0 Å². The SMILES string of the molecule is Cc1ccsc1CCCC(=O)Nc1ccc(Br)cn1. The zero-order valence-corrected chi connectivity index (χ0v) is 13.1. The van der Waals surface area contributed by atoms with Crippen molar-refractivity contribution >= 4 is 39.0 Å². The molecule has 100 valence electrons. The summed E-state index contributed by atoms with van der Waals surface area (Å²) in [4.78, 5) is 17.2. The number of amides is 1. The molecule has 2 aromatic heterocycles. The van der Waals surface area contributed by atoms with Gasteiger partial charge in [0.15, 0.2) is 0 Å². The average Bonchev–Trinajstić information content (AvgIpc) is 2.78. The second-order valence-electron chi connectivity index (χ2n) is 4.29. The molecule has 1 amide bonds. The Morgan fingerprint density at radius 3 is 2.89 bits per heavy atom. The Morgan fingerprint density at radius 2 is 2.26 bits per heavy atom. The molecule has 0 aromatic carbocycles. The molecule has 0 aliphatic carbocycles. The maximum Gasteiger partial charge on any atom is 0.225 e. The van der Waals surface area contributed by atoms with Gasteiger partial charge in [0.1, 0.15) is 5.82 Å². The Morgan fingerprint density at radius 1 is 1.42 bits per heavy atom. The second kappa shape index (κ2) is 6.82. The number of rotatable bonds is 5. The van der Waals surface area contributed by atoms with Crippen molar-refractivity contribution in [2.45, 2.75) is 26.2 Å². The van der Waals surface area contributed by atoms with Crippen LogP contribution in [0.2, 0.25) is 0 Å². The number of carbonyl (C=O) groups excluding carboxylic acids is 1. The summed E-state index contributed by atoms with van der Waals surface area (Å²) < 4.78 is 0.902. The Hall–Kier alpha value is -1.20. The fraction of sp³-hybridized carbons (Fsp3) is 0.286. The summed E-state index contributed by atoms with van der Waals surface area (Å²) in [6, 6.07) is 5.76. The molecule has 0 saturated carbocycles. The van der Waals surface area contributed by atoms with Gasteiger partial charge in [-0.05, 0) is 64.8 Å². The van der Waals surface area contributed by atoms with Gasteiger partial charge >= 0.3 is 0 Å². The van der Waals surface area contributed by atoms with Crippen LogP contribution in [-0.2, 0) is 11.2 Å². The van der Waals surface area contributed by atoms with Crippen LogP contribution in [0.1, 0.15) is 23.3 Å². The third-order valence-electron chi connectivity index (χ3n) is 2.77. The summed E-state index contributed by atoms with van der Waals surface area (Å²) in [5.74, 6) is 0.615. The van der Waals surface area contributed by atoms with E-state index >= 15 is 0 Å². The number of thiophene rings is 1. The van der Waals surface area contributed by atoms with Crippen LogP contribution >= 0.6 is 27.3 Å². The van der Waals surface area contributed by atoms with Crippen molar-refractivity contribution in [1.29, 1.82) is 0 Å². The molecule has 0 aliphatic rings. The summed E-state index contributed by atoms with van der Waals surface area (Å²) in [6.07, 6.45) is 4.02. The number of aromatic nitrogens is 1. The lowest BCUT2D eigenvalue weighted by Crippen LogP contribution is -2.12. The molecule has 2 aromatic rings. The Kier molecular flexibility index (Phi) is 5.10. The number of halogens is 1. The number of hydrogen-bond donors (Lipinski definition) is 1. The molecule has 0 unspecified atom stereocenters. The van der Waals surface area contributed by atoms with Crippen molar-refractivity contribution in [3.05, 3.63) is 44.7 Å². The van der Waals surface area contributed by atoms with Crippen molar-refractivity contribution in [3.63, 3.8) is 0 Å². The van der Waals surface area contributed by atoms with Gasteiger partial charge in [-0.2, -0.15) is 0 Å². The van der Waals surface area contributed by atoms with E-state index in [4.69, 9.17) is 0 Å². The smallest absolute Gasteiger partial charge is 0.225 e. The van der Waals surface area contributed by atoms with E-state index in [1.807, 2.05) is 6.07 Å². The number of nitrogens with one attached hydrogen (secondary N) is 1. The van der Waals surface area contributed by atoms with Crippen LogP contribution in [-0.4, -0.2) is 10.9 Å². The fourth-order valence-corrected chi connectivity index (χ4v) is 2.91. The minimum atomic E-state index is 0.0176. The van der Waals surface area contributed by atoms with Crippen molar-refractivity contribution in [2.24, 2.45) is 0 Å². The first kappa shape index (κ1) is 14.2. The number of aryl methyl sites for hydroxylation is 2. The summed E-state index contributed by atoms with van der Waals surface area (Å²) in [7, 11) is 0. The zero-order valence-electron chi connectivity index (χ0n) is 10.6. The van der Waals surface area contributed by atoms with Gasteiger partial charge in [-0.25, -0.2) is 4.98 Å². The van der Waals surface area contributed by atoms with E-state index in [1.165, 1.54) is 10.4 Å². The molecule has 5 heteroatoms. The van der Waals surface area contributed by atoms with Gasteiger partial charge in [-0.3, -0.25) is 4.79 Å². The summed E-state index contributed by atoms with van der Waals surface area (Å²) in [5, 5.41) is 4.89. The highest BCUT2D eigenvalue weighted by Crippen LogP contribution is 2.18. The van der Waals surface area contributed by atoms with Gasteiger partial charge in [0.05, 0.1) is 0 Å². The molecule has 0 atom stereocenters. The first-order chi connectivity index (χ1) is 9.15. The van der Waals surface area contributed by atoms with Crippen LogP contribution in [0.25, 0.3) is 0 Å². The van der Waals surface area contributed by atoms with E-state index in [-0.39, 0.29) is 5.91 Å². The third-order valence-corrected chi connectivity index (χ3v) is 4.32. The van der Waals surface area contributed by atoms with Crippen molar-refractivity contribution in [3.8, 4) is 0 Å². The normalized spacial score (nSPS) is 10.4. The number of nitrogens with zero attached hydrogens (tertiary/aromatic N) is 1. The predicted octanol–water partition coefficient (Wildman–Crippen LogP) is 4.18.